The smallest absolute Gasteiger partial charge is 0.495 e. The summed E-state index contributed by atoms with van der Waals surface area (Å²) in [6, 6.07) is 1.79. The van der Waals surface area contributed by atoms with Crippen LogP contribution in [-0.4, -0.2) is 45.1 Å². The molecule has 2 rings (SSSR count). The first kappa shape index (κ1) is 16.4. The van der Waals surface area contributed by atoms with Gasteiger partial charge in [-0.2, -0.15) is 13.2 Å². The molecule has 6 nitrogen and oxygen atoms in total. The molecule has 1 heterocycles. The van der Waals surface area contributed by atoms with Crippen molar-refractivity contribution < 1.29 is 37.1 Å². The number of hydrogen-bond acceptors (Lipinski definition) is 5. The predicted octanol–water partition coefficient (Wildman–Crippen LogP) is 0.141. The standard InChI is InChI=1S/C12H13BF3NO5/c1-20-6-3-7-8(17-11(18)12(14,15)16)5-22-13(19)10(7)9(4-6)21-2/h3-4,8,19H,5H2,1-2H3,(H,17,18). The fourth-order valence-corrected chi connectivity index (χ4v) is 2.18. The summed E-state index contributed by atoms with van der Waals surface area (Å²) in [5.74, 6) is -1.59. The zero-order valence-corrected chi connectivity index (χ0v) is 11.7. The lowest BCUT2D eigenvalue weighted by Gasteiger charge is -2.30. The van der Waals surface area contributed by atoms with E-state index in [1.807, 2.05) is 5.32 Å². The molecule has 1 aromatic carbocycles. The Labute approximate surface area is 124 Å². The van der Waals surface area contributed by atoms with Crippen molar-refractivity contribution in [3.05, 3.63) is 17.7 Å². The highest BCUT2D eigenvalue weighted by Crippen LogP contribution is 2.29. The number of methoxy groups -OCH3 is 2. The number of benzene rings is 1. The molecule has 1 atom stereocenters. The van der Waals surface area contributed by atoms with Crippen molar-refractivity contribution in [3.63, 3.8) is 0 Å². The minimum absolute atomic E-state index is 0.155. The normalized spacial score (nSPS) is 17.7. The van der Waals surface area contributed by atoms with Gasteiger partial charge in [0.1, 0.15) is 11.5 Å². The molecule has 0 aromatic heterocycles. The second kappa shape index (κ2) is 6.05. The van der Waals surface area contributed by atoms with Crippen LogP contribution in [-0.2, 0) is 9.45 Å². The summed E-state index contributed by atoms with van der Waals surface area (Å²) in [7, 11) is 1.34. The quantitative estimate of drug-likeness (QED) is 0.775. The molecular weight excluding hydrogens is 306 g/mol. The van der Waals surface area contributed by atoms with E-state index in [1.165, 1.54) is 26.4 Å². The highest BCUT2D eigenvalue weighted by Gasteiger charge is 2.42. The van der Waals surface area contributed by atoms with Gasteiger partial charge in [0, 0.05) is 11.5 Å². The molecular formula is C12H13BF3NO5. The molecule has 1 aromatic rings. The number of amides is 1. The zero-order valence-electron chi connectivity index (χ0n) is 11.7. The fraction of sp³-hybridized carbons (Fsp3) is 0.417. The van der Waals surface area contributed by atoms with Gasteiger partial charge in [-0.1, -0.05) is 0 Å². The van der Waals surface area contributed by atoms with Gasteiger partial charge in [0.25, 0.3) is 0 Å². The Kier molecular flexibility index (Phi) is 4.52. The molecule has 1 amide bonds. The van der Waals surface area contributed by atoms with Gasteiger partial charge in [0.05, 0.1) is 26.9 Å². The van der Waals surface area contributed by atoms with Gasteiger partial charge in [-0.15, -0.1) is 0 Å². The first-order chi connectivity index (χ1) is 10.3. The topological polar surface area (TPSA) is 77.0 Å². The summed E-state index contributed by atoms with van der Waals surface area (Å²) in [4.78, 5) is 11.1. The summed E-state index contributed by atoms with van der Waals surface area (Å²) in [6.45, 7) is -0.313. The van der Waals surface area contributed by atoms with Crippen molar-refractivity contribution in [2.75, 3.05) is 20.8 Å². The van der Waals surface area contributed by atoms with Crippen molar-refractivity contribution in [2.45, 2.75) is 12.2 Å². The van der Waals surface area contributed by atoms with E-state index in [-0.39, 0.29) is 23.4 Å². The molecule has 0 radical (unpaired) electrons. The van der Waals surface area contributed by atoms with Crippen molar-refractivity contribution >= 4 is 18.5 Å². The van der Waals surface area contributed by atoms with E-state index in [0.717, 1.165) is 0 Å². The monoisotopic (exact) mass is 319 g/mol. The van der Waals surface area contributed by atoms with E-state index >= 15 is 0 Å². The molecule has 0 spiro atoms. The summed E-state index contributed by atoms with van der Waals surface area (Å²) in [5.41, 5.74) is 0.398. The van der Waals surface area contributed by atoms with E-state index in [2.05, 4.69) is 0 Å². The zero-order chi connectivity index (χ0) is 16.5. The highest BCUT2D eigenvalue weighted by molar-refractivity contribution is 6.62. The third kappa shape index (κ3) is 3.12. The van der Waals surface area contributed by atoms with Gasteiger partial charge in [0.2, 0.25) is 0 Å². The maximum atomic E-state index is 12.4. The SMILES string of the molecule is COc1cc(OC)c2c(c1)C(NC(=O)C(F)(F)F)COB2O. The van der Waals surface area contributed by atoms with Gasteiger partial charge in [-0.25, -0.2) is 0 Å². The lowest BCUT2D eigenvalue weighted by molar-refractivity contribution is -0.174. The van der Waals surface area contributed by atoms with E-state index in [0.29, 0.717) is 5.75 Å². The van der Waals surface area contributed by atoms with Crippen molar-refractivity contribution in [1.29, 1.82) is 0 Å². The average molecular weight is 319 g/mol. The highest BCUT2D eigenvalue weighted by atomic mass is 19.4. The number of halogens is 3. The van der Waals surface area contributed by atoms with Crippen LogP contribution in [0.25, 0.3) is 0 Å². The van der Waals surface area contributed by atoms with Crippen LogP contribution in [0.2, 0.25) is 0 Å². The lowest BCUT2D eigenvalue weighted by atomic mass is 9.71. The molecule has 2 N–H and O–H groups in total. The number of carbonyl (C=O) groups is 1. The Morgan fingerprint density at radius 1 is 1.41 bits per heavy atom. The Morgan fingerprint density at radius 2 is 2.09 bits per heavy atom. The van der Waals surface area contributed by atoms with Gasteiger partial charge in [-0.05, 0) is 11.6 Å². The second-order valence-electron chi connectivity index (χ2n) is 4.54. The molecule has 1 aliphatic rings. The van der Waals surface area contributed by atoms with Crippen LogP contribution >= 0.6 is 0 Å². The number of alkyl halides is 3. The number of carbonyl (C=O) groups excluding carboxylic acids is 1. The third-order valence-electron chi connectivity index (χ3n) is 3.21. The maximum absolute atomic E-state index is 12.4. The Morgan fingerprint density at radius 3 is 2.64 bits per heavy atom. The minimum atomic E-state index is -5.01. The van der Waals surface area contributed by atoms with Crippen molar-refractivity contribution in [3.8, 4) is 11.5 Å². The fourth-order valence-electron chi connectivity index (χ4n) is 2.18. The maximum Gasteiger partial charge on any atom is 0.495 e. The molecule has 10 heteroatoms. The molecule has 1 unspecified atom stereocenters. The molecule has 0 bridgehead atoms. The lowest BCUT2D eigenvalue weighted by Crippen LogP contribution is -2.50. The molecule has 120 valence electrons. The molecule has 22 heavy (non-hydrogen) atoms. The summed E-state index contributed by atoms with van der Waals surface area (Å²) in [5, 5.41) is 11.7. The average Bonchev–Trinajstić information content (AvgIpc) is 2.47. The Balaban J connectivity index is 2.43. The van der Waals surface area contributed by atoms with Gasteiger partial charge >= 0.3 is 19.2 Å². The Hall–Kier alpha value is -1.94. The van der Waals surface area contributed by atoms with Crippen LogP contribution in [0.1, 0.15) is 11.6 Å². The third-order valence-corrected chi connectivity index (χ3v) is 3.21. The van der Waals surface area contributed by atoms with Crippen molar-refractivity contribution in [1.82, 2.24) is 5.32 Å². The second-order valence-corrected chi connectivity index (χ2v) is 4.54. The van der Waals surface area contributed by atoms with Crippen molar-refractivity contribution in [2.24, 2.45) is 0 Å². The molecule has 0 aliphatic carbocycles. The summed E-state index contributed by atoms with van der Waals surface area (Å²) in [6.07, 6.45) is -5.01. The first-order valence-corrected chi connectivity index (χ1v) is 6.21. The van der Waals surface area contributed by atoms with Crippen LogP contribution in [0.15, 0.2) is 12.1 Å². The van der Waals surface area contributed by atoms with Crippen LogP contribution in [0.4, 0.5) is 13.2 Å². The summed E-state index contributed by atoms with van der Waals surface area (Å²) >= 11 is 0. The number of fused-ring (bicyclic) bond motifs is 1. The molecule has 1 aliphatic heterocycles. The van der Waals surface area contributed by atoms with E-state index in [4.69, 9.17) is 14.1 Å². The summed E-state index contributed by atoms with van der Waals surface area (Å²) < 4.78 is 52.3. The number of ether oxygens (including phenoxy) is 2. The molecule has 0 saturated heterocycles. The number of hydrogen-bond donors (Lipinski definition) is 2. The minimum Gasteiger partial charge on any atom is -0.497 e. The number of nitrogens with one attached hydrogen (secondary N) is 1. The molecule has 0 fully saturated rings. The van der Waals surface area contributed by atoms with Crippen LogP contribution in [0.3, 0.4) is 0 Å². The largest absolute Gasteiger partial charge is 0.497 e. The van der Waals surface area contributed by atoms with E-state index in [9.17, 15) is 23.0 Å². The Bertz CT molecular complexity index is 581. The van der Waals surface area contributed by atoms with E-state index in [1.54, 1.807) is 0 Å². The van der Waals surface area contributed by atoms with Crippen LogP contribution in [0, 0.1) is 0 Å². The van der Waals surface area contributed by atoms with Crippen LogP contribution in [0.5, 0.6) is 11.5 Å². The predicted molar refractivity (Wildman–Crippen MR) is 70.0 cm³/mol. The van der Waals surface area contributed by atoms with Gasteiger partial charge in [-0.3, -0.25) is 4.79 Å². The van der Waals surface area contributed by atoms with Gasteiger partial charge < -0.3 is 24.5 Å². The van der Waals surface area contributed by atoms with E-state index < -0.39 is 25.2 Å². The first-order valence-electron chi connectivity index (χ1n) is 6.21. The number of rotatable bonds is 3. The van der Waals surface area contributed by atoms with Gasteiger partial charge in [0.15, 0.2) is 0 Å². The van der Waals surface area contributed by atoms with Crippen LogP contribution < -0.4 is 20.3 Å². The molecule has 0 saturated carbocycles.